The Morgan fingerprint density at radius 2 is 2.23 bits per heavy atom. The lowest BCUT2D eigenvalue weighted by atomic mass is 10.0. The van der Waals surface area contributed by atoms with E-state index in [0.29, 0.717) is 36.4 Å². The number of benzene rings is 1. The van der Waals surface area contributed by atoms with Crippen molar-refractivity contribution in [1.29, 1.82) is 0 Å². The lowest BCUT2D eigenvalue weighted by Crippen LogP contribution is -2.46. The van der Waals surface area contributed by atoms with Crippen molar-refractivity contribution in [3.05, 3.63) is 53.9 Å². The molecule has 8 nitrogen and oxygen atoms in total. The molecule has 4 rings (SSSR count). The van der Waals surface area contributed by atoms with Crippen molar-refractivity contribution in [1.82, 2.24) is 9.88 Å². The van der Waals surface area contributed by atoms with Gasteiger partial charge in [-0.05, 0) is 53.8 Å². The second kappa shape index (κ2) is 9.36. The molecule has 2 atom stereocenters. The van der Waals surface area contributed by atoms with Gasteiger partial charge in [-0.1, -0.05) is 12.1 Å². The van der Waals surface area contributed by atoms with Crippen LogP contribution in [0.2, 0.25) is 0 Å². The van der Waals surface area contributed by atoms with Gasteiger partial charge in [0, 0.05) is 25.4 Å². The molecule has 30 heavy (non-hydrogen) atoms. The van der Waals surface area contributed by atoms with Crippen molar-refractivity contribution < 1.29 is 14.1 Å². The van der Waals surface area contributed by atoms with Crippen molar-refractivity contribution >= 4 is 29.0 Å². The number of aryl methyl sites for hydroxylation is 1. The predicted octanol–water partition coefficient (Wildman–Crippen LogP) is 2.18. The summed E-state index contributed by atoms with van der Waals surface area (Å²) in [5.41, 5.74) is 8.29. The number of carbonyl (C=O) groups excluding carboxylic acids is 1. The Labute approximate surface area is 179 Å². The Bertz CT molecular complexity index is 924. The first-order chi connectivity index (χ1) is 14.6. The number of piperidine rings is 1. The number of hydrogen-bond donors (Lipinski definition) is 2. The number of nitrogens with zero attached hydrogens (tertiary/aromatic N) is 3. The summed E-state index contributed by atoms with van der Waals surface area (Å²) in [6.45, 7) is 1.13. The number of anilines is 1. The maximum absolute atomic E-state index is 12.9. The predicted molar refractivity (Wildman–Crippen MR) is 116 cm³/mol. The van der Waals surface area contributed by atoms with Crippen LogP contribution in [0.3, 0.4) is 0 Å². The molecule has 0 spiro atoms. The molecule has 2 aliphatic rings. The molecule has 9 heteroatoms. The van der Waals surface area contributed by atoms with Gasteiger partial charge in [-0.2, -0.15) is 4.72 Å². The number of hydrogen-bond acceptors (Lipinski definition) is 7. The van der Waals surface area contributed by atoms with Crippen molar-refractivity contribution in [2.45, 2.75) is 38.1 Å². The minimum atomic E-state index is -1.58. The number of aromatic nitrogens is 1. The molecule has 0 aliphatic carbocycles. The van der Waals surface area contributed by atoms with Gasteiger partial charge in [0.2, 0.25) is 17.5 Å². The third-order valence-electron chi connectivity index (χ3n) is 5.39. The van der Waals surface area contributed by atoms with Gasteiger partial charge in [0.15, 0.2) is 5.84 Å². The van der Waals surface area contributed by atoms with E-state index in [9.17, 15) is 9.35 Å². The maximum Gasteiger partial charge on any atom is 0.223 e. The first kappa shape index (κ1) is 20.5. The lowest BCUT2D eigenvalue weighted by molar-refractivity contribution is -0.135. The van der Waals surface area contributed by atoms with E-state index in [-0.39, 0.29) is 17.8 Å². The summed E-state index contributed by atoms with van der Waals surface area (Å²) < 4.78 is 24.4. The van der Waals surface area contributed by atoms with Gasteiger partial charge >= 0.3 is 0 Å². The molecular formula is C21H25N5O3S. The molecule has 1 aromatic heterocycles. The van der Waals surface area contributed by atoms with E-state index in [0.717, 1.165) is 31.4 Å². The van der Waals surface area contributed by atoms with E-state index < -0.39 is 11.5 Å². The lowest BCUT2D eigenvalue weighted by Gasteiger charge is -2.36. The summed E-state index contributed by atoms with van der Waals surface area (Å²) >= 11 is -1.58. The Kier molecular flexibility index (Phi) is 6.39. The number of ether oxygens (including phenoxy) is 1. The first-order valence-corrected chi connectivity index (χ1v) is 11.2. The monoisotopic (exact) mass is 427 g/mol. The zero-order valence-electron chi connectivity index (χ0n) is 16.6. The van der Waals surface area contributed by atoms with Gasteiger partial charge in [-0.25, -0.2) is 0 Å². The highest BCUT2D eigenvalue weighted by Gasteiger charge is 2.29. The number of nitrogens with two attached hydrogens (primary N) is 1. The van der Waals surface area contributed by atoms with E-state index in [1.54, 1.807) is 18.5 Å². The van der Waals surface area contributed by atoms with E-state index >= 15 is 0 Å². The number of amidine groups is 1. The summed E-state index contributed by atoms with van der Waals surface area (Å²) in [5, 5.41) is 0. The fourth-order valence-electron chi connectivity index (χ4n) is 3.88. The molecular weight excluding hydrogens is 402 g/mol. The highest BCUT2D eigenvalue weighted by molar-refractivity contribution is 7.91. The van der Waals surface area contributed by atoms with Gasteiger partial charge < -0.3 is 19.9 Å². The minimum absolute atomic E-state index is 0.0137. The zero-order valence-corrected chi connectivity index (χ0v) is 17.4. The number of pyridine rings is 1. The molecule has 1 amide bonds. The third-order valence-corrected chi connectivity index (χ3v) is 6.15. The van der Waals surface area contributed by atoms with Crippen molar-refractivity contribution in [3.8, 4) is 5.75 Å². The molecule has 1 fully saturated rings. The van der Waals surface area contributed by atoms with Crippen LogP contribution in [0.1, 0.15) is 36.8 Å². The summed E-state index contributed by atoms with van der Waals surface area (Å²) in [4.78, 5) is 18.9. The normalized spacial score (nSPS) is 20.7. The van der Waals surface area contributed by atoms with Gasteiger partial charge in [0.05, 0.1) is 17.3 Å². The van der Waals surface area contributed by atoms with Crippen molar-refractivity contribution in [2.75, 3.05) is 17.9 Å². The quantitative estimate of drug-likeness (QED) is 0.683. The van der Waals surface area contributed by atoms with E-state index in [4.69, 9.17) is 10.5 Å². The Balaban J connectivity index is 1.41. The van der Waals surface area contributed by atoms with Crippen LogP contribution in [0.4, 0.5) is 5.69 Å². The molecule has 0 radical (unpaired) electrons. The van der Waals surface area contributed by atoms with Gasteiger partial charge in [-0.3, -0.25) is 9.78 Å². The highest BCUT2D eigenvalue weighted by atomic mass is 32.2. The summed E-state index contributed by atoms with van der Waals surface area (Å²) in [5.74, 6) is 0.900. The average molecular weight is 428 g/mol. The molecule has 1 aromatic carbocycles. The third kappa shape index (κ3) is 4.68. The summed E-state index contributed by atoms with van der Waals surface area (Å²) in [6, 6.07) is 9.31. The molecule has 158 valence electrons. The van der Waals surface area contributed by atoms with Crippen LogP contribution in [0, 0.1) is 0 Å². The number of carbonyl (C=O) groups is 1. The number of amides is 1. The van der Waals surface area contributed by atoms with Crippen LogP contribution < -0.4 is 15.2 Å². The molecule has 1 saturated heterocycles. The molecule has 2 aliphatic heterocycles. The highest BCUT2D eigenvalue weighted by Crippen LogP contribution is 2.31. The summed E-state index contributed by atoms with van der Waals surface area (Å²) in [6.07, 6.45) is 7.64. The maximum atomic E-state index is 12.9. The fourth-order valence-corrected chi connectivity index (χ4v) is 4.56. The van der Waals surface area contributed by atoms with Crippen molar-refractivity contribution in [2.24, 2.45) is 10.1 Å². The Hall–Kier alpha value is -2.78. The largest absolute Gasteiger partial charge is 0.566 e. The number of fused-ring (bicyclic) bond motifs is 1. The van der Waals surface area contributed by atoms with Crippen LogP contribution in [0.15, 0.2) is 47.1 Å². The van der Waals surface area contributed by atoms with Crippen LogP contribution in [-0.4, -0.2) is 45.4 Å². The van der Waals surface area contributed by atoms with E-state index in [1.165, 1.54) is 0 Å². The number of nitrogens with one attached hydrogen (secondary N) is 1. The molecule has 3 N–H and O–H groups in total. The van der Waals surface area contributed by atoms with Crippen LogP contribution in [0.5, 0.6) is 5.75 Å². The molecule has 0 bridgehead atoms. The molecule has 3 heterocycles. The van der Waals surface area contributed by atoms with Crippen LogP contribution >= 0.6 is 0 Å². The number of likely N-dealkylation sites (tertiary alicyclic amines) is 1. The average Bonchev–Trinajstić information content (AvgIpc) is 2.76. The van der Waals surface area contributed by atoms with Crippen LogP contribution in [0.25, 0.3) is 0 Å². The smallest absolute Gasteiger partial charge is 0.223 e. The summed E-state index contributed by atoms with van der Waals surface area (Å²) in [7, 11) is 0. The van der Waals surface area contributed by atoms with Gasteiger partial charge in [-0.15, -0.1) is 0 Å². The number of rotatable bonds is 6. The van der Waals surface area contributed by atoms with E-state index in [1.807, 2.05) is 29.2 Å². The molecule has 2 aromatic rings. The standard InChI is InChI=1S/C21H25N5O3S/c22-21-20-17(24-30(28)25-21)7-3-8-18(20)29-14-16-6-1-2-12-26(16)19(27)10-9-15-5-4-11-23-13-15/h3-5,7-8,11,13,16,24H,1-2,6,9-10,12,14H2,(H2,22,25). The minimum Gasteiger partial charge on any atom is -0.566 e. The Morgan fingerprint density at radius 3 is 3.07 bits per heavy atom. The molecule has 2 unspecified atom stereocenters. The first-order valence-electron chi connectivity index (χ1n) is 10.1. The molecule has 0 saturated carbocycles. The Morgan fingerprint density at radius 1 is 1.33 bits per heavy atom. The topological polar surface area (TPSA) is 116 Å². The second-order valence-corrected chi connectivity index (χ2v) is 8.30. The van der Waals surface area contributed by atoms with Crippen molar-refractivity contribution in [3.63, 3.8) is 0 Å². The SMILES string of the molecule is NC1=N[S+]([O-])Nc2cccc(OCC3CCCCN3C(=O)CCc3cccnc3)c21. The van der Waals surface area contributed by atoms with Gasteiger partial charge in [0.25, 0.3) is 0 Å². The van der Waals surface area contributed by atoms with E-state index in [2.05, 4.69) is 14.1 Å². The second-order valence-electron chi connectivity index (χ2n) is 7.42. The van der Waals surface area contributed by atoms with Crippen LogP contribution in [-0.2, 0) is 22.8 Å². The fraction of sp³-hybridized carbons (Fsp3) is 0.381. The van der Waals surface area contributed by atoms with Gasteiger partial charge in [0.1, 0.15) is 12.4 Å². The zero-order chi connectivity index (χ0) is 20.9.